The van der Waals surface area contributed by atoms with E-state index in [1.54, 1.807) is 6.92 Å². The van der Waals surface area contributed by atoms with Crippen molar-refractivity contribution in [1.82, 2.24) is 0 Å². The second-order valence-electron chi connectivity index (χ2n) is 3.76. The Morgan fingerprint density at radius 2 is 2.07 bits per heavy atom. The molecule has 0 aliphatic carbocycles. The Bertz CT molecular complexity index is 400. The summed E-state index contributed by atoms with van der Waals surface area (Å²) in [7, 11) is 0. The minimum absolute atomic E-state index is 0.133. The van der Waals surface area contributed by atoms with Crippen molar-refractivity contribution < 1.29 is 4.79 Å². The largest absolute Gasteiger partial charge is 0.295 e. The predicted octanol–water partition coefficient (Wildman–Crippen LogP) is 3.55. The fourth-order valence-electron chi connectivity index (χ4n) is 1.73. The number of aryl methyl sites for hydroxylation is 2. The zero-order chi connectivity index (χ0) is 11.4. The number of ketones is 1. The number of hydrogen-bond donors (Lipinski definition) is 0. The molecule has 1 nitrogen and oxygen atoms in total. The van der Waals surface area contributed by atoms with Gasteiger partial charge in [-0.05, 0) is 43.9 Å². The van der Waals surface area contributed by atoms with Crippen LogP contribution in [0.25, 0.3) is 5.57 Å². The van der Waals surface area contributed by atoms with Gasteiger partial charge in [-0.3, -0.25) is 4.79 Å². The Morgan fingerprint density at radius 3 is 2.53 bits per heavy atom. The molecule has 0 heterocycles. The Labute approximate surface area is 91.8 Å². The van der Waals surface area contributed by atoms with Crippen molar-refractivity contribution in [2.24, 2.45) is 0 Å². The van der Waals surface area contributed by atoms with Crippen molar-refractivity contribution in [3.8, 4) is 0 Å². The van der Waals surface area contributed by atoms with Gasteiger partial charge in [-0.15, -0.1) is 0 Å². The highest BCUT2D eigenvalue weighted by molar-refractivity contribution is 6.19. The normalized spacial score (nSPS) is 11.6. The second-order valence-corrected chi connectivity index (χ2v) is 3.76. The third kappa shape index (κ3) is 2.56. The molecule has 1 heteroatoms. The van der Waals surface area contributed by atoms with E-state index in [1.165, 1.54) is 5.56 Å². The minimum Gasteiger partial charge on any atom is -0.295 e. The quantitative estimate of drug-likeness (QED) is 0.685. The van der Waals surface area contributed by atoms with Gasteiger partial charge < -0.3 is 0 Å². The van der Waals surface area contributed by atoms with Crippen LogP contribution in [0.3, 0.4) is 0 Å². The van der Waals surface area contributed by atoms with E-state index in [0.29, 0.717) is 0 Å². The van der Waals surface area contributed by atoms with Gasteiger partial charge in [-0.2, -0.15) is 0 Å². The van der Waals surface area contributed by atoms with Crippen molar-refractivity contribution in [1.29, 1.82) is 0 Å². The summed E-state index contributed by atoms with van der Waals surface area (Å²) in [5, 5.41) is 0. The Morgan fingerprint density at radius 1 is 1.40 bits per heavy atom. The SMILES string of the molecule is C/C=C(/C(C)=O)c1cc(CC)ccc1C. The molecule has 80 valence electrons. The highest BCUT2D eigenvalue weighted by atomic mass is 16.1. The summed E-state index contributed by atoms with van der Waals surface area (Å²) in [4.78, 5) is 11.5. The topological polar surface area (TPSA) is 17.1 Å². The fraction of sp³-hybridized carbons (Fsp3) is 0.357. The zero-order valence-corrected chi connectivity index (χ0v) is 9.92. The number of rotatable bonds is 3. The molecule has 0 bridgehead atoms. The Balaban J connectivity index is 3.28. The summed E-state index contributed by atoms with van der Waals surface area (Å²) in [6.07, 6.45) is 2.90. The highest BCUT2D eigenvalue weighted by Gasteiger charge is 2.09. The molecule has 1 rings (SSSR count). The Hall–Kier alpha value is -1.37. The van der Waals surface area contributed by atoms with Crippen LogP contribution in [0, 0.1) is 6.92 Å². The average molecular weight is 202 g/mol. The third-order valence-electron chi connectivity index (χ3n) is 2.67. The van der Waals surface area contributed by atoms with E-state index in [0.717, 1.165) is 23.1 Å². The van der Waals surface area contributed by atoms with Crippen LogP contribution in [0.1, 0.15) is 37.5 Å². The fourth-order valence-corrected chi connectivity index (χ4v) is 1.73. The van der Waals surface area contributed by atoms with Crippen molar-refractivity contribution in [3.05, 3.63) is 41.0 Å². The van der Waals surface area contributed by atoms with Gasteiger partial charge in [0, 0.05) is 5.57 Å². The van der Waals surface area contributed by atoms with Gasteiger partial charge >= 0.3 is 0 Å². The van der Waals surface area contributed by atoms with Crippen molar-refractivity contribution in [2.75, 3.05) is 0 Å². The molecule has 0 N–H and O–H groups in total. The first-order valence-corrected chi connectivity index (χ1v) is 5.37. The molecular formula is C14H18O. The van der Waals surface area contributed by atoms with Crippen LogP contribution in [0.4, 0.5) is 0 Å². The maximum absolute atomic E-state index is 11.5. The van der Waals surface area contributed by atoms with Crippen molar-refractivity contribution in [2.45, 2.75) is 34.1 Å². The number of carbonyl (C=O) groups excluding carboxylic acids is 1. The van der Waals surface area contributed by atoms with Crippen LogP contribution in [0.5, 0.6) is 0 Å². The lowest BCUT2D eigenvalue weighted by molar-refractivity contribution is -0.111. The van der Waals surface area contributed by atoms with Crippen LogP contribution >= 0.6 is 0 Å². The van der Waals surface area contributed by atoms with Gasteiger partial charge in [-0.25, -0.2) is 0 Å². The van der Waals surface area contributed by atoms with Crippen LogP contribution in [-0.4, -0.2) is 5.78 Å². The molecule has 0 amide bonds. The average Bonchev–Trinajstić information content (AvgIpc) is 2.21. The van der Waals surface area contributed by atoms with E-state index in [9.17, 15) is 4.79 Å². The molecular weight excluding hydrogens is 184 g/mol. The summed E-state index contributed by atoms with van der Waals surface area (Å²) in [5.41, 5.74) is 4.33. The number of allylic oxidation sites excluding steroid dienone is 2. The minimum atomic E-state index is 0.133. The molecule has 0 saturated heterocycles. The molecule has 0 aromatic heterocycles. The van der Waals surface area contributed by atoms with E-state index < -0.39 is 0 Å². The zero-order valence-electron chi connectivity index (χ0n) is 9.92. The molecule has 0 unspecified atom stereocenters. The van der Waals surface area contributed by atoms with Gasteiger partial charge in [0.25, 0.3) is 0 Å². The summed E-state index contributed by atoms with van der Waals surface area (Å²) >= 11 is 0. The predicted molar refractivity (Wildman–Crippen MR) is 64.9 cm³/mol. The maximum Gasteiger partial charge on any atom is 0.160 e. The van der Waals surface area contributed by atoms with Gasteiger partial charge in [0.2, 0.25) is 0 Å². The maximum atomic E-state index is 11.5. The number of carbonyl (C=O) groups is 1. The standard InChI is InChI=1S/C14H18O/c1-5-12-8-7-10(3)14(9-12)13(6-2)11(4)15/h6-9H,5H2,1-4H3/b13-6-. The summed E-state index contributed by atoms with van der Waals surface area (Å²) in [5.74, 6) is 0.133. The molecule has 0 radical (unpaired) electrons. The highest BCUT2D eigenvalue weighted by Crippen LogP contribution is 2.21. The number of hydrogen-bond acceptors (Lipinski definition) is 1. The first kappa shape index (κ1) is 11.7. The van der Waals surface area contributed by atoms with Crippen molar-refractivity contribution in [3.63, 3.8) is 0 Å². The molecule has 0 spiro atoms. The van der Waals surface area contributed by atoms with E-state index in [2.05, 4.69) is 25.1 Å². The van der Waals surface area contributed by atoms with Gasteiger partial charge in [0.05, 0.1) is 0 Å². The van der Waals surface area contributed by atoms with Crippen molar-refractivity contribution >= 4 is 11.4 Å². The third-order valence-corrected chi connectivity index (χ3v) is 2.67. The monoisotopic (exact) mass is 202 g/mol. The molecule has 0 atom stereocenters. The van der Waals surface area contributed by atoms with E-state index >= 15 is 0 Å². The first-order chi connectivity index (χ1) is 7.10. The molecule has 0 aliphatic rings. The molecule has 1 aromatic carbocycles. The lowest BCUT2D eigenvalue weighted by Crippen LogP contribution is -1.99. The molecule has 0 saturated carbocycles. The first-order valence-electron chi connectivity index (χ1n) is 5.37. The van der Waals surface area contributed by atoms with Crippen LogP contribution in [0.2, 0.25) is 0 Å². The van der Waals surface area contributed by atoms with E-state index in [1.807, 2.05) is 19.9 Å². The van der Waals surface area contributed by atoms with Crippen LogP contribution in [0.15, 0.2) is 24.3 Å². The smallest absolute Gasteiger partial charge is 0.160 e. The molecule has 0 fully saturated rings. The number of Topliss-reactive ketones (excluding diaryl/α,β-unsaturated/α-hetero) is 1. The van der Waals surface area contributed by atoms with Gasteiger partial charge in [0.15, 0.2) is 5.78 Å². The molecule has 0 aliphatic heterocycles. The lowest BCUT2D eigenvalue weighted by atomic mass is 9.95. The molecule has 15 heavy (non-hydrogen) atoms. The summed E-state index contributed by atoms with van der Waals surface area (Å²) < 4.78 is 0. The van der Waals surface area contributed by atoms with Crippen LogP contribution in [-0.2, 0) is 11.2 Å². The summed E-state index contributed by atoms with van der Waals surface area (Å²) in [6, 6.07) is 6.32. The van der Waals surface area contributed by atoms with Gasteiger partial charge in [-0.1, -0.05) is 31.2 Å². The van der Waals surface area contributed by atoms with Crippen LogP contribution < -0.4 is 0 Å². The van der Waals surface area contributed by atoms with E-state index in [4.69, 9.17) is 0 Å². The summed E-state index contributed by atoms with van der Waals surface area (Å²) in [6.45, 7) is 7.70. The molecule has 1 aromatic rings. The number of benzene rings is 1. The second kappa shape index (κ2) is 4.92. The Kier molecular flexibility index (Phi) is 3.84. The lowest BCUT2D eigenvalue weighted by Gasteiger charge is -2.09. The van der Waals surface area contributed by atoms with Gasteiger partial charge in [0.1, 0.15) is 0 Å². The van der Waals surface area contributed by atoms with E-state index in [-0.39, 0.29) is 5.78 Å².